The van der Waals surface area contributed by atoms with Crippen LogP contribution in [0.5, 0.6) is 0 Å². The number of aromatic nitrogens is 4. The highest BCUT2D eigenvalue weighted by Gasteiger charge is 2.34. The van der Waals surface area contributed by atoms with E-state index in [0.717, 1.165) is 11.3 Å². The first-order valence-corrected chi connectivity index (χ1v) is 12.2. The fraction of sp³-hybridized carbons (Fsp3) is 0.423. The minimum Gasteiger partial charge on any atom is -0.347 e. The van der Waals surface area contributed by atoms with Crippen LogP contribution < -0.4 is 10.6 Å². The predicted molar refractivity (Wildman–Crippen MR) is 140 cm³/mol. The van der Waals surface area contributed by atoms with Gasteiger partial charge in [-0.15, -0.1) is 0 Å². The number of rotatable bonds is 4. The van der Waals surface area contributed by atoms with Gasteiger partial charge in [0.1, 0.15) is 5.82 Å². The van der Waals surface area contributed by atoms with Crippen LogP contribution in [0.1, 0.15) is 50.6 Å². The molecule has 4 heterocycles. The molecular formula is C26H31ClN6O2. The predicted octanol–water partition coefficient (Wildman–Crippen LogP) is 4.18. The summed E-state index contributed by atoms with van der Waals surface area (Å²) in [6.45, 7) is 16.5. The summed E-state index contributed by atoms with van der Waals surface area (Å²) < 4.78 is 1.56. The number of anilines is 1. The van der Waals surface area contributed by atoms with Gasteiger partial charge in [-0.05, 0) is 57.4 Å². The molecule has 0 radical (unpaired) electrons. The van der Waals surface area contributed by atoms with Crippen molar-refractivity contribution in [2.75, 3.05) is 18.0 Å². The zero-order valence-corrected chi connectivity index (χ0v) is 21.8. The van der Waals surface area contributed by atoms with Gasteiger partial charge in [0.25, 0.3) is 0 Å². The molecule has 0 N–H and O–H groups in total. The van der Waals surface area contributed by atoms with Gasteiger partial charge in [0.05, 0.1) is 27.5 Å². The van der Waals surface area contributed by atoms with E-state index in [9.17, 15) is 9.59 Å². The Morgan fingerprint density at radius 1 is 1.20 bits per heavy atom. The van der Waals surface area contributed by atoms with E-state index in [2.05, 4.69) is 21.4 Å². The Balaban J connectivity index is 2.00. The van der Waals surface area contributed by atoms with Gasteiger partial charge in [-0.2, -0.15) is 4.98 Å². The maximum Gasteiger partial charge on any atom is 0.355 e. The molecule has 1 amide bonds. The van der Waals surface area contributed by atoms with E-state index >= 15 is 0 Å². The number of fused-ring (bicyclic) bond motifs is 1. The Morgan fingerprint density at radius 2 is 1.86 bits per heavy atom. The van der Waals surface area contributed by atoms with Crippen molar-refractivity contribution in [3.05, 3.63) is 63.4 Å². The van der Waals surface area contributed by atoms with Crippen molar-refractivity contribution in [2.45, 2.75) is 59.5 Å². The molecule has 0 saturated carbocycles. The van der Waals surface area contributed by atoms with Crippen molar-refractivity contribution in [3.63, 3.8) is 0 Å². The summed E-state index contributed by atoms with van der Waals surface area (Å²) in [4.78, 5) is 43.8. The summed E-state index contributed by atoms with van der Waals surface area (Å²) in [7, 11) is 0. The Bertz CT molecular complexity index is 1370. The molecule has 1 saturated heterocycles. The SMILES string of the molecule is C=CC(=O)N1C[C@@H](C)N(c2nc(=O)n(-c3c(C)ccnc3C(C)C)c3nc(C)c(Cl)cc23)[C@@H](C)C1. The Kier molecular flexibility index (Phi) is 6.68. The first-order valence-electron chi connectivity index (χ1n) is 11.8. The molecule has 9 heteroatoms. The Labute approximate surface area is 210 Å². The van der Waals surface area contributed by atoms with Gasteiger partial charge in [0, 0.05) is 31.4 Å². The van der Waals surface area contributed by atoms with Crippen LogP contribution in [0.2, 0.25) is 5.02 Å². The molecule has 0 spiro atoms. The van der Waals surface area contributed by atoms with Crippen molar-refractivity contribution < 1.29 is 4.79 Å². The Morgan fingerprint density at radius 3 is 2.46 bits per heavy atom. The first kappa shape index (κ1) is 24.9. The number of hydrogen-bond donors (Lipinski definition) is 0. The second-order valence-corrected chi connectivity index (χ2v) is 9.96. The van der Waals surface area contributed by atoms with E-state index < -0.39 is 5.69 Å². The molecule has 0 aliphatic carbocycles. The number of carbonyl (C=O) groups is 1. The molecule has 184 valence electrons. The van der Waals surface area contributed by atoms with Gasteiger partial charge in [0.2, 0.25) is 5.91 Å². The largest absolute Gasteiger partial charge is 0.355 e. The van der Waals surface area contributed by atoms with Crippen molar-refractivity contribution in [1.29, 1.82) is 0 Å². The number of piperazine rings is 1. The van der Waals surface area contributed by atoms with Crippen LogP contribution in [0, 0.1) is 13.8 Å². The molecule has 3 aromatic heterocycles. The number of nitrogens with zero attached hydrogens (tertiary/aromatic N) is 6. The van der Waals surface area contributed by atoms with Crippen molar-refractivity contribution in [1.82, 2.24) is 24.4 Å². The molecule has 4 rings (SSSR count). The molecule has 1 fully saturated rings. The molecule has 2 atom stereocenters. The third kappa shape index (κ3) is 4.31. The highest BCUT2D eigenvalue weighted by atomic mass is 35.5. The minimum atomic E-state index is -0.427. The molecule has 1 aliphatic heterocycles. The van der Waals surface area contributed by atoms with Gasteiger partial charge in [-0.3, -0.25) is 9.78 Å². The maximum absolute atomic E-state index is 13.7. The third-order valence-corrected chi connectivity index (χ3v) is 6.93. The van der Waals surface area contributed by atoms with Crippen LogP contribution in [-0.2, 0) is 4.79 Å². The number of amides is 1. The van der Waals surface area contributed by atoms with Crippen molar-refractivity contribution in [3.8, 4) is 5.69 Å². The van der Waals surface area contributed by atoms with Crippen LogP contribution >= 0.6 is 11.6 Å². The molecule has 8 nitrogen and oxygen atoms in total. The Hall–Kier alpha value is -3.26. The molecule has 0 unspecified atom stereocenters. The average Bonchev–Trinajstić information content (AvgIpc) is 2.79. The molecule has 3 aromatic rings. The summed E-state index contributed by atoms with van der Waals surface area (Å²) in [5.74, 6) is 0.509. The van der Waals surface area contributed by atoms with E-state index in [4.69, 9.17) is 16.6 Å². The molecule has 0 aromatic carbocycles. The lowest BCUT2D eigenvalue weighted by Crippen LogP contribution is -2.58. The van der Waals surface area contributed by atoms with E-state index in [1.54, 1.807) is 15.7 Å². The van der Waals surface area contributed by atoms with Crippen LogP contribution in [-0.4, -0.2) is 55.5 Å². The lowest BCUT2D eigenvalue weighted by molar-refractivity contribution is -0.127. The zero-order chi connectivity index (χ0) is 25.6. The van der Waals surface area contributed by atoms with Crippen molar-refractivity contribution in [2.24, 2.45) is 0 Å². The van der Waals surface area contributed by atoms with Gasteiger partial charge < -0.3 is 9.80 Å². The van der Waals surface area contributed by atoms with E-state index in [-0.39, 0.29) is 23.9 Å². The highest BCUT2D eigenvalue weighted by molar-refractivity contribution is 6.32. The van der Waals surface area contributed by atoms with Crippen LogP contribution in [0.25, 0.3) is 16.7 Å². The zero-order valence-electron chi connectivity index (χ0n) is 21.0. The minimum absolute atomic E-state index is 0.0833. The number of halogens is 1. The summed E-state index contributed by atoms with van der Waals surface area (Å²) in [5, 5.41) is 1.18. The van der Waals surface area contributed by atoms with Crippen molar-refractivity contribution >= 4 is 34.4 Å². The standard InChI is InChI=1S/C26H31ClN6O2/c1-8-21(34)31-12-16(5)32(17(6)13-31)25-19-11-20(27)18(7)29-24(19)33(26(35)30-25)23-15(4)9-10-28-22(23)14(2)3/h8-11,14,16-17H,1,12-13H2,2-7H3/t16-,17+. The van der Waals surface area contributed by atoms with E-state index in [1.807, 2.05) is 53.7 Å². The average molecular weight is 495 g/mol. The molecule has 35 heavy (non-hydrogen) atoms. The first-order chi connectivity index (χ1) is 16.5. The number of pyridine rings is 2. The second kappa shape index (κ2) is 9.41. The fourth-order valence-electron chi connectivity index (χ4n) is 4.93. The quantitative estimate of drug-likeness (QED) is 0.506. The molecular weight excluding hydrogens is 464 g/mol. The molecule has 1 aliphatic rings. The second-order valence-electron chi connectivity index (χ2n) is 9.55. The van der Waals surface area contributed by atoms with Gasteiger partial charge in [-0.25, -0.2) is 14.3 Å². The summed E-state index contributed by atoms with van der Waals surface area (Å²) in [6, 6.07) is 3.55. The van der Waals surface area contributed by atoms with E-state index in [0.29, 0.717) is 46.3 Å². The topological polar surface area (TPSA) is 84.2 Å². The maximum atomic E-state index is 13.7. The monoisotopic (exact) mass is 494 g/mol. The summed E-state index contributed by atoms with van der Waals surface area (Å²) >= 11 is 6.53. The summed E-state index contributed by atoms with van der Waals surface area (Å²) in [5.41, 5.74) is 3.10. The van der Waals surface area contributed by atoms with Crippen LogP contribution in [0.3, 0.4) is 0 Å². The lowest BCUT2D eigenvalue weighted by atomic mass is 10.0. The van der Waals surface area contributed by atoms with Gasteiger partial charge in [0.15, 0.2) is 5.65 Å². The van der Waals surface area contributed by atoms with Gasteiger partial charge in [-0.1, -0.05) is 32.0 Å². The fourth-order valence-corrected chi connectivity index (χ4v) is 5.08. The lowest BCUT2D eigenvalue weighted by Gasteiger charge is -2.45. The number of aryl methyl sites for hydroxylation is 2. The van der Waals surface area contributed by atoms with Gasteiger partial charge >= 0.3 is 5.69 Å². The molecule has 0 bridgehead atoms. The third-order valence-electron chi connectivity index (χ3n) is 6.55. The highest BCUT2D eigenvalue weighted by Crippen LogP contribution is 2.33. The van der Waals surface area contributed by atoms with Crippen LogP contribution in [0.15, 0.2) is 35.8 Å². The number of carbonyl (C=O) groups excluding carboxylic acids is 1. The summed E-state index contributed by atoms with van der Waals surface area (Å²) in [6.07, 6.45) is 3.09. The van der Waals surface area contributed by atoms with Crippen LogP contribution in [0.4, 0.5) is 5.82 Å². The number of hydrogen-bond acceptors (Lipinski definition) is 6. The smallest absolute Gasteiger partial charge is 0.347 e. The normalized spacial score (nSPS) is 18.4. The van der Waals surface area contributed by atoms with E-state index in [1.165, 1.54) is 6.08 Å².